The van der Waals surface area contributed by atoms with Crippen LogP contribution in [-0.2, 0) is 6.54 Å². The molecule has 0 saturated carbocycles. The van der Waals surface area contributed by atoms with E-state index in [4.69, 9.17) is 5.73 Å². The van der Waals surface area contributed by atoms with Crippen LogP contribution in [0.2, 0.25) is 0 Å². The Morgan fingerprint density at radius 3 is 2.50 bits per heavy atom. The summed E-state index contributed by atoms with van der Waals surface area (Å²) in [5.41, 5.74) is 6.69. The minimum atomic E-state index is -0.696. The highest BCUT2D eigenvalue weighted by Gasteiger charge is 2.17. The van der Waals surface area contributed by atoms with Gasteiger partial charge in [0, 0.05) is 11.0 Å². The van der Waals surface area contributed by atoms with E-state index in [2.05, 4.69) is 26.3 Å². The van der Waals surface area contributed by atoms with Crippen LogP contribution in [0.1, 0.15) is 19.0 Å². The van der Waals surface area contributed by atoms with Gasteiger partial charge in [-0.2, -0.15) is 5.10 Å². The Morgan fingerprint density at radius 2 is 1.95 bits per heavy atom. The second-order valence-corrected chi connectivity index (χ2v) is 5.36. The van der Waals surface area contributed by atoms with Crippen LogP contribution in [0.15, 0.2) is 16.6 Å². The van der Waals surface area contributed by atoms with Gasteiger partial charge in [-0.15, -0.1) is 0 Å². The lowest BCUT2D eigenvalue weighted by atomic mass is 10.2. The fraction of sp³-hybridized carbons (Fsp3) is 0.308. The summed E-state index contributed by atoms with van der Waals surface area (Å²) in [7, 11) is 0. The third kappa shape index (κ3) is 2.77. The Morgan fingerprint density at radius 1 is 1.35 bits per heavy atom. The molecule has 1 aromatic carbocycles. The first kappa shape index (κ1) is 14.8. The largest absolute Gasteiger partial charge is 0.394 e. The summed E-state index contributed by atoms with van der Waals surface area (Å²) in [5, 5.41) is 6.96. The molecule has 0 aliphatic heterocycles. The maximum absolute atomic E-state index is 13.9. The van der Waals surface area contributed by atoms with Gasteiger partial charge in [-0.25, -0.2) is 13.5 Å². The molecule has 0 fully saturated rings. The van der Waals surface area contributed by atoms with Gasteiger partial charge in [-0.1, -0.05) is 22.9 Å². The quantitative estimate of drug-likeness (QED) is 0.882. The van der Waals surface area contributed by atoms with Gasteiger partial charge in [-0.3, -0.25) is 0 Å². The zero-order valence-electron chi connectivity index (χ0n) is 11.2. The summed E-state index contributed by atoms with van der Waals surface area (Å²) in [6.07, 6.45) is 0.834. The number of hydrogen-bond donors (Lipinski definition) is 2. The number of hydrogen-bond acceptors (Lipinski definition) is 3. The average Bonchev–Trinajstić information content (AvgIpc) is 2.61. The van der Waals surface area contributed by atoms with Crippen LogP contribution >= 0.6 is 15.9 Å². The van der Waals surface area contributed by atoms with E-state index in [1.165, 1.54) is 12.1 Å². The van der Waals surface area contributed by atoms with Crippen LogP contribution in [0.5, 0.6) is 0 Å². The summed E-state index contributed by atoms with van der Waals surface area (Å²) in [5.74, 6) is -0.985. The summed E-state index contributed by atoms with van der Waals surface area (Å²) in [6.45, 7) is 4.35. The maximum atomic E-state index is 13.9. The van der Waals surface area contributed by atoms with Crippen molar-refractivity contribution in [2.75, 3.05) is 11.1 Å². The fourth-order valence-corrected chi connectivity index (χ4v) is 2.28. The first-order valence-electron chi connectivity index (χ1n) is 6.18. The standard InChI is InChI=1S/C13H15BrF2N4/c1-3-4-20-13(11(17)7(2)19-20)18-12-9(15)5-8(14)6-10(12)16/h5-6,18H,3-4,17H2,1-2H3. The fourth-order valence-electron chi connectivity index (χ4n) is 1.88. The van der Waals surface area contributed by atoms with E-state index >= 15 is 0 Å². The molecule has 0 bridgehead atoms. The van der Waals surface area contributed by atoms with Crippen molar-refractivity contribution in [3.63, 3.8) is 0 Å². The minimum absolute atomic E-state index is 0.239. The highest BCUT2D eigenvalue weighted by molar-refractivity contribution is 9.10. The van der Waals surface area contributed by atoms with Gasteiger partial charge in [0.2, 0.25) is 0 Å². The van der Waals surface area contributed by atoms with Crippen molar-refractivity contribution in [1.82, 2.24) is 9.78 Å². The normalized spacial score (nSPS) is 10.8. The van der Waals surface area contributed by atoms with Gasteiger partial charge in [0.05, 0.1) is 11.4 Å². The monoisotopic (exact) mass is 344 g/mol. The number of nitrogens with zero attached hydrogens (tertiary/aromatic N) is 2. The van der Waals surface area contributed by atoms with Crippen molar-refractivity contribution in [2.45, 2.75) is 26.8 Å². The van der Waals surface area contributed by atoms with Crippen LogP contribution in [-0.4, -0.2) is 9.78 Å². The maximum Gasteiger partial charge on any atom is 0.152 e. The number of benzene rings is 1. The van der Waals surface area contributed by atoms with Crippen molar-refractivity contribution in [1.29, 1.82) is 0 Å². The molecule has 1 aromatic heterocycles. The van der Waals surface area contributed by atoms with Gasteiger partial charge in [0.25, 0.3) is 0 Å². The molecule has 0 aliphatic carbocycles. The first-order valence-corrected chi connectivity index (χ1v) is 6.97. The number of anilines is 3. The second-order valence-electron chi connectivity index (χ2n) is 4.44. The van der Waals surface area contributed by atoms with E-state index in [-0.39, 0.29) is 5.69 Å². The molecule has 3 N–H and O–H groups in total. The zero-order valence-corrected chi connectivity index (χ0v) is 12.8. The Kier molecular flexibility index (Phi) is 4.27. The Labute approximate surface area is 124 Å². The molecule has 4 nitrogen and oxygen atoms in total. The molecule has 0 unspecified atom stereocenters. The van der Waals surface area contributed by atoms with Gasteiger partial charge >= 0.3 is 0 Å². The summed E-state index contributed by atoms with van der Waals surface area (Å²) in [4.78, 5) is 0. The lowest BCUT2D eigenvalue weighted by Gasteiger charge is -2.12. The van der Waals surface area contributed by atoms with Gasteiger partial charge in [0.15, 0.2) is 17.5 Å². The second kappa shape index (κ2) is 5.78. The summed E-state index contributed by atoms with van der Waals surface area (Å²) >= 11 is 3.04. The molecule has 0 amide bonds. The van der Waals surface area contributed by atoms with Crippen LogP contribution in [0.25, 0.3) is 0 Å². The average molecular weight is 345 g/mol. The van der Waals surface area contributed by atoms with E-state index in [0.717, 1.165) is 6.42 Å². The van der Waals surface area contributed by atoms with Gasteiger partial charge in [-0.05, 0) is 25.5 Å². The molecule has 0 spiro atoms. The molecule has 108 valence electrons. The number of nitrogens with one attached hydrogen (secondary N) is 1. The highest BCUT2D eigenvalue weighted by Crippen LogP contribution is 2.30. The number of rotatable bonds is 4. The molecule has 0 radical (unpaired) electrons. The number of nitrogens with two attached hydrogens (primary N) is 1. The molecular weight excluding hydrogens is 330 g/mol. The Balaban J connectivity index is 2.44. The van der Waals surface area contributed by atoms with Crippen molar-refractivity contribution in [3.05, 3.63) is 33.9 Å². The number of nitrogen functional groups attached to an aromatic ring is 1. The van der Waals surface area contributed by atoms with Crippen LogP contribution in [0.3, 0.4) is 0 Å². The van der Waals surface area contributed by atoms with E-state index in [1.807, 2.05) is 6.92 Å². The van der Waals surface area contributed by atoms with E-state index in [9.17, 15) is 8.78 Å². The van der Waals surface area contributed by atoms with Crippen molar-refractivity contribution < 1.29 is 8.78 Å². The lowest BCUT2D eigenvalue weighted by Crippen LogP contribution is -2.07. The van der Waals surface area contributed by atoms with E-state index < -0.39 is 11.6 Å². The molecule has 0 saturated heterocycles. The molecule has 0 aliphatic rings. The number of aryl methyl sites for hydroxylation is 2. The van der Waals surface area contributed by atoms with Gasteiger partial charge < -0.3 is 11.1 Å². The smallest absolute Gasteiger partial charge is 0.152 e. The van der Waals surface area contributed by atoms with E-state index in [1.54, 1.807) is 11.6 Å². The van der Waals surface area contributed by atoms with E-state index in [0.29, 0.717) is 28.2 Å². The third-order valence-electron chi connectivity index (χ3n) is 2.86. The van der Waals surface area contributed by atoms with Gasteiger partial charge in [0.1, 0.15) is 5.69 Å². The molecular formula is C13H15BrF2N4. The van der Waals surface area contributed by atoms with Crippen molar-refractivity contribution in [3.8, 4) is 0 Å². The molecule has 2 rings (SSSR count). The highest BCUT2D eigenvalue weighted by atomic mass is 79.9. The third-order valence-corrected chi connectivity index (χ3v) is 3.32. The number of halogens is 3. The SMILES string of the molecule is CCCn1nc(C)c(N)c1Nc1c(F)cc(Br)cc1F. The lowest BCUT2D eigenvalue weighted by molar-refractivity contribution is 0.583. The molecule has 0 atom stereocenters. The Bertz CT molecular complexity index is 617. The van der Waals surface area contributed by atoms with Crippen LogP contribution < -0.4 is 11.1 Å². The van der Waals surface area contributed by atoms with Crippen molar-refractivity contribution >= 4 is 33.1 Å². The number of aromatic nitrogens is 2. The zero-order chi connectivity index (χ0) is 14.9. The Hall–Kier alpha value is -1.63. The van der Waals surface area contributed by atoms with Crippen LogP contribution in [0, 0.1) is 18.6 Å². The summed E-state index contributed by atoms with van der Waals surface area (Å²) in [6, 6.07) is 2.38. The topological polar surface area (TPSA) is 55.9 Å². The molecule has 7 heteroatoms. The molecule has 20 heavy (non-hydrogen) atoms. The first-order chi connectivity index (χ1) is 9.43. The molecule has 2 aromatic rings. The predicted molar refractivity (Wildman–Crippen MR) is 79.0 cm³/mol. The predicted octanol–water partition coefficient (Wildman–Crippen LogP) is 3.97. The van der Waals surface area contributed by atoms with Crippen LogP contribution in [0.4, 0.5) is 26.0 Å². The molecule has 1 heterocycles. The van der Waals surface area contributed by atoms with Crippen molar-refractivity contribution in [2.24, 2.45) is 0 Å². The summed E-state index contributed by atoms with van der Waals surface area (Å²) < 4.78 is 29.7. The minimum Gasteiger partial charge on any atom is -0.394 e.